The smallest absolute Gasteiger partial charge is 0.250 e. The minimum atomic E-state index is -0.735. The first kappa shape index (κ1) is 13.4. The van der Waals surface area contributed by atoms with E-state index in [9.17, 15) is 9.90 Å². The van der Waals surface area contributed by atoms with E-state index < -0.39 is 11.7 Å². The molecule has 94 valence electrons. The molecule has 0 saturated heterocycles. The van der Waals surface area contributed by atoms with E-state index in [0.29, 0.717) is 6.54 Å². The molecule has 0 aromatic rings. The predicted octanol–water partition coefficient (Wildman–Crippen LogP) is -0.228. The number of hydrogen-bond donors (Lipinski definition) is 3. The van der Waals surface area contributed by atoms with E-state index in [2.05, 4.69) is 5.32 Å². The van der Waals surface area contributed by atoms with Gasteiger partial charge in [0.15, 0.2) is 0 Å². The van der Waals surface area contributed by atoms with Crippen molar-refractivity contribution >= 4 is 5.91 Å². The largest absolute Gasteiger partial charge is 0.388 e. The van der Waals surface area contributed by atoms with Crippen molar-refractivity contribution in [2.24, 2.45) is 5.73 Å². The van der Waals surface area contributed by atoms with Gasteiger partial charge in [-0.2, -0.15) is 0 Å². The number of hydrogen-bond acceptors (Lipinski definition) is 4. The van der Waals surface area contributed by atoms with Crippen molar-refractivity contribution in [1.29, 1.82) is 0 Å². The molecule has 0 aromatic carbocycles. The first-order valence-corrected chi connectivity index (χ1v) is 5.84. The second kappa shape index (κ2) is 6.18. The van der Waals surface area contributed by atoms with Gasteiger partial charge in [-0.05, 0) is 12.8 Å². The van der Waals surface area contributed by atoms with Crippen molar-refractivity contribution in [2.75, 3.05) is 20.2 Å². The fourth-order valence-corrected chi connectivity index (χ4v) is 2.06. The van der Waals surface area contributed by atoms with Crippen molar-refractivity contribution in [3.63, 3.8) is 0 Å². The molecule has 1 fully saturated rings. The normalized spacial score (nSPS) is 21.4. The molecule has 1 saturated carbocycles. The summed E-state index contributed by atoms with van der Waals surface area (Å²) in [5.74, 6) is -0.246. The highest BCUT2D eigenvalue weighted by Crippen LogP contribution is 2.27. The van der Waals surface area contributed by atoms with Crippen LogP contribution in [-0.2, 0) is 9.53 Å². The maximum atomic E-state index is 11.6. The molecule has 0 radical (unpaired) electrons. The van der Waals surface area contributed by atoms with Crippen molar-refractivity contribution < 1.29 is 14.6 Å². The molecule has 1 aliphatic rings. The zero-order chi connectivity index (χ0) is 12.0. The van der Waals surface area contributed by atoms with Gasteiger partial charge >= 0.3 is 0 Å². The van der Waals surface area contributed by atoms with Crippen LogP contribution in [0.25, 0.3) is 0 Å². The zero-order valence-electron chi connectivity index (χ0n) is 9.87. The van der Waals surface area contributed by atoms with Crippen molar-refractivity contribution in [3.05, 3.63) is 0 Å². The summed E-state index contributed by atoms with van der Waals surface area (Å²) in [6, 6.07) is 0. The van der Waals surface area contributed by atoms with Crippen LogP contribution < -0.4 is 11.1 Å². The predicted molar refractivity (Wildman–Crippen MR) is 60.9 cm³/mol. The second-order valence-electron chi connectivity index (χ2n) is 4.46. The summed E-state index contributed by atoms with van der Waals surface area (Å²) < 4.78 is 4.92. The molecule has 1 rings (SSSR count). The van der Waals surface area contributed by atoms with Gasteiger partial charge < -0.3 is 20.9 Å². The standard InChI is InChI=1S/C11H22N2O3/c1-16-9(7-12)10(14)13-8-11(15)5-3-2-4-6-11/h9,15H,2-8,12H2,1H3,(H,13,14). The van der Waals surface area contributed by atoms with Gasteiger partial charge in [-0.25, -0.2) is 0 Å². The molecule has 0 aromatic heterocycles. The fraction of sp³-hybridized carbons (Fsp3) is 0.909. The highest BCUT2D eigenvalue weighted by Gasteiger charge is 2.30. The van der Waals surface area contributed by atoms with Crippen LogP contribution in [0.1, 0.15) is 32.1 Å². The van der Waals surface area contributed by atoms with Gasteiger partial charge in [-0.1, -0.05) is 19.3 Å². The summed E-state index contributed by atoms with van der Waals surface area (Å²) in [7, 11) is 1.45. The first-order valence-electron chi connectivity index (χ1n) is 5.84. The summed E-state index contributed by atoms with van der Waals surface area (Å²) in [6.45, 7) is 0.451. The fourth-order valence-electron chi connectivity index (χ4n) is 2.06. The Balaban J connectivity index is 2.35. The van der Waals surface area contributed by atoms with Gasteiger partial charge in [0.25, 0.3) is 5.91 Å². The molecule has 0 heterocycles. The highest BCUT2D eigenvalue weighted by atomic mass is 16.5. The molecule has 1 amide bonds. The van der Waals surface area contributed by atoms with Crippen molar-refractivity contribution in [2.45, 2.75) is 43.8 Å². The van der Waals surface area contributed by atoms with Gasteiger partial charge in [-0.15, -0.1) is 0 Å². The lowest BCUT2D eigenvalue weighted by Crippen LogP contribution is -2.48. The minimum absolute atomic E-state index is 0.154. The molecule has 0 spiro atoms. The average Bonchev–Trinajstić information content (AvgIpc) is 2.29. The van der Waals surface area contributed by atoms with Gasteiger partial charge in [0.1, 0.15) is 6.10 Å². The molecule has 5 heteroatoms. The van der Waals surface area contributed by atoms with Crippen LogP contribution in [0.4, 0.5) is 0 Å². The number of ether oxygens (including phenoxy) is 1. The number of methoxy groups -OCH3 is 1. The number of nitrogens with one attached hydrogen (secondary N) is 1. The molecule has 1 unspecified atom stereocenters. The van der Waals surface area contributed by atoms with Crippen LogP contribution in [0.5, 0.6) is 0 Å². The summed E-state index contributed by atoms with van der Waals surface area (Å²) in [5, 5.41) is 12.9. The Kier molecular flexibility index (Phi) is 5.18. The Morgan fingerprint density at radius 2 is 2.12 bits per heavy atom. The number of nitrogens with two attached hydrogens (primary N) is 1. The Bertz CT molecular complexity index is 223. The molecule has 16 heavy (non-hydrogen) atoms. The van der Waals surface area contributed by atoms with E-state index in [0.717, 1.165) is 25.7 Å². The number of rotatable bonds is 5. The van der Waals surface area contributed by atoms with Gasteiger partial charge in [0, 0.05) is 20.2 Å². The SMILES string of the molecule is COC(CN)C(=O)NCC1(O)CCCCC1. The molecule has 0 bridgehead atoms. The van der Waals surface area contributed by atoms with E-state index in [-0.39, 0.29) is 12.5 Å². The van der Waals surface area contributed by atoms with Gasteiger partial charge in [-0.3, -0.25) is 4.79 Å². The van der Waals surface area contributed by atoms with Gasteiger partial charge in [0.2, 0.25) is 0 Å². The van der Waals surface area contributed by atoms with Crippen LogP contribution in [0.2, 0.25) is 0 Å². The Hall–Kier alpha value is -0.650. The lowest BCUT2D eigenvalue weighted by molar-refractivity contribution is -0.132. The van der Waals surface area contributed by atoms with E-state index >= 15 is 0 Å². The maximum absolute atomic E-state index is 11.6. The van der Waals surface area contributed by atoms with Crippen LogP contribution in [0, 0.1) is 0 Å². The van der Waals surface area contributed by atoms with Crippen LogP contribution >= 0.6 is 0 Å². The monoisotopic (exact) mass is 230 g/mol. The molecule has 1 aliphatic carbocycles. The average molecular weight is 230 g/mol. The minimum Gasteiger partial charge on any atom is -0.388 e. The number of amides is 1. The maximum Gasteiger partial charge on any atom is 0.250 e. The number of aliphatic hydroxyl groups is 1. The summed E-state index contributed by atoms with van der Waals surface area (Å²) in [4.78, 5) is 11.6. The summed E-state index contributed by atoms with van der Waals surface area (Å²) in [6.07, 6.45) is 4.11. The quantitative estimate of drug-likeness (QED) is 0.609. The highest BCUT2D eigenvalue weighted by molar-refractivity contribution is 5.81. The molecular weight excluding hydrogens is 208 g/mol. The number of carbonyl (C=O) groups is 1. The third-order valence-electron chi connectivity index (χ3n) is 3.17. The van der Waals surface area contributed by atoms with E-state index in [1.807, 2.05) is 0 Å². The van der Waals surface area contributed by atoms with E-state index in [4.69, 9.17) is 10.5 Å². The van der Waals surface area contributed by atoms with Crippen molar-refractivity contribution in [3.8, 4) is 0 Å². The number of carbonyl (C=O) groups excluding carboxylic acids is 1. The second-order valence-corrected chi connectivity index (χ2v) is 4.46. The molecule has 5 nitrogen and oxygen atoms in total. The van der Waals surface area contributed by atoms with Crippen LogP contribution in [0.3, 0.4) is 0 Å². The lowest BCUT2D eigenvalue weighted by atomic mass is 9.85. The summed E-state index contributed by atoms with van der Waals surface area (Å²) in [5.41, 5.74) is 4.64. The Labute approximate surface area is 96.3 Å². The molecule has 4 N–H and O–H groups in total. The van der Waals surface area contributed by atoms with E-state index in [1.54, 1.807) is 0 Å². The first-order chi connectivity index (χ1) is 7.61. The third-order valence-corrected chi connectivity index (χ3v) is 3.17. The van der Waals surface area contributed by atoms with Crippen LogP contribution in [0.15, 0.2) is 0 Å². The zero-order valence-corrected chi connectivity index (χ0v) is 9.87. The molecular formula is C11H22N2O3. The topological polar surface area (TPSA) is 84.6 Å². The lowest BCUT2D eigenvalue weighted by Gasteiger charge is -2.32. The van der Waals surface area contributed by atoms with Crippen molar-refractivity contribution in [1.82, 2.24) is 5.32 Å². The summed E-state index contributed by atoms with van der Waals surface area (Å²) >= 11 is 0. The van der Waals surface area contributed by atoms with Gasteiger partial charge in [0.05, 0.1) is 5.60 Å². The molecule has 0 aliphatic heterocycles. The Morgan fingerprint density at radius 1 is 1.50 bits per heavy atom. The Morgan fingerprint density at radius 3 is 2.62 bits per heavy atom. The third kappa shape index (κ3) is 3.73. The molecule has 1 atom stereocenters. The van der Waals surface area contributed by atoms with E-state index in [1.165, 1.54) is 13.5 Å². The van der Waals surface area contributed by atoms with Crippen LogP contribution in [-0.4, -0.2) is 42.9 Å².